The van der Waals surface area contributed by atoms with Crippen LogP contribution in [-0.2, 0) is 21.4 Å². The third-order valence-electron chi connectivity index (χ3n) is 7.64. The van der Waals surface area contributed by atoms with Crippen molar-refractivity contribution in [2.24, 2.45) is 0 Å². The Morgan fingerprint density at radius 2 is 1.44 bits per heavy atom. The normalized spacial score (nSPS) is 18.2. The van der Waals surface area contributed by atoms with Crippen LogP contribution in [-0.4, -0.2) is 36.2 Å². The lowest BCUT2D eigenvalue weighted by molar-refractivity contribution is -0.125. The van der Waals surface area contributed by atoms with Crippen LogP contribution in [0.4, 0.5) is 32.0 Å². The first kappa shape index (κ1) is 29.1. The number of halogens is 6. The van der Waals surface area contributed by atoms with E-state index in [1.807, 2.05) is 6.07 Å². The van der Waals surface area contributed by atoms with Crippen molar-refractivity contribution in [1.82, 2.24) is 9.29 Å². The lowest BCUT2D eigenvalue weighted by Gasteiger charge is -2.41. The molecule has 1 amide bonds. The molecule has 1 aliphatic heterocycles. The Kier molecular flexibility index (Phi) is 8.11. The quantitative estimate of drug-likeness (QED) is 0.192. The van der Waals surface area contributed by atoms with Crippen LogP contribution in [0.2, 0.25) is 0 Å². The zero-order chi connectivity index (χ0) is 29.5. The van der Waals surface area contributed by atoms with Crippen LogP contribution in [0.1, 0.15) is 55.7 Å². The van der Waals surface area contributed by atoms with Gasteiger partial charge in [0.25, 0.3) is 0 Å². The van der Waals surface area contributed by atoms with Crippen molar-refractivity contribution in [3.63, 3.8) is 0 Å². The summed E-state index contributed by atoms with van der Waals surface area (Å²) in [6, 6.07) is 6.92. The van der Waals surface area contributed by atoms with Gasteiger partial charge in [-0.25, -0.2) is 34.8 Å². The van der Waals surface area contributed by atoms with E-state index in [4.69, 9.17) is 0 Å². The van der Waals surface area contributed by atoms with Crippen LogP contribution < -0.4 is 4.90 Å². The maximum absolute atomic E-state index is 14.4. The topological polar surface area (TPSA) is 70.6 Å². The Morgan fingerprint density at radius 3 is 1.98 bits per heavy atom. The van der Waals surface area contributed by atoms with E-state index in [0.717, 1.165) is 48.3 Å². The van der Waals surface area contributed by atoms with E-state index < -0.39 is 68.3 Å². The summed E-state index contributed by atoms with van der Waals surface area (Å²) in [6.45, 7) is -0.549. The molecule has 3 aromatic rings. The standard InChI is InChI=1S/C28H25F6N3O3S/c29-18-7-10-20(11-8-18)36(15-19-9-6-17(14-35-19)16-4-2-1-3-5-16)28(38)21-12-13-37(21)41(39,40)27-25(33)23(31)22(30)24(32)26(27)34/h6-11,14,16,21H,1-5,12-13,15H2/t21-/m1/s1. The summed E-state index contributed by atoms with van der Waals surface area (Å²) in [4.78, 5) is 17.3. The summed E-state index contributed by atoms with van der Waals surface area (Å²) in [5.74, 6) is -13.4. The molecule has 1 saturated heterocycles. The third kappa shape index (κ3) is 5.44. The number of amides is 1. The molecule has 6 nitrogen and oxygen atoms in total. The van der Waals surface area contributed by atoms with E-state index in [-0.39, 0.29) is 18.7 Å². The highest BCUT2D eigenvalue weighted by Crippen LogP contribution is 2.35. The second-order valence-electron chi connectivity index (χ2n) is 10.1. The molecule has 0 radical (unpaired) electrons. The van der Waals surface area contributed by atoms with E-state index in [1.54, 1.807) is 12.3 Å². The average Bonchev–Trinajstić information content (AvgIpc) is 2.94. The first-order valence-corrected chi connectivity index (χ1v) is 14.5. The molecule has 0 unspecified atom stereocenters. The predicted molar refractivity (Wildman–Crippen MR) is 136 cm³/mol. The minimum absolute atomic E-state index is 0.0841. The molecule has 1 aromatic heterocycles. The van der Waals surface area contributed by atoms with Crippen molar-refractivity contribution in [1.29, 1.82) is 0 Å². The molecular formula is C28H25F6N3O3S. The highest BCUT2D eigenvalue weighted by Gasteiger charge is 2.48. The number of aromatic nitrogens is 1. The maximum atomic E-state index is 14.4. The third-order valence-corrected chi connectivity index (χ3v) is 9.57. The smallest absolute Gasteiger partial charge is 0.249 e. The van der Waals surface area contributed by atoms with Crippen molar-refractivity contribution in [2.75, 3.05) is 11.4 Å². The number of hydrogen-bond acceptors (Lipinski definition) is 4. The molecule has 0 spiro atoms. The fourth-order valence-electron chi connectivity index (χ4n) is 5.29. The van der Waals surface area contributed by atoms with Crippen LogP contribution >= 0.6 is 0 Å². The fourth-order valence-corrected chi connectivity index (χ4v) is 7.04. The first-order chi connectivity index (χ1) is 19.5. The van der Waals surface area contributed by atoms with E-state index >= 15 is 0 Å². The molecule has 13 heteroatoms. The molecule has 2 fully saturated rings. The molecule has 0 N–H and O–H groups in total. The van der Waals surface area contributed by atoms with Gasteiger partial charge in [-0.2, -0.15) is 4.31 Å². The first-order valence-electron chi connectivity index (χ1n) is 13.1. The fraction of sp³-hybridized carbons (Fsp3) is 0.357. The maximum Gasteiger partial charge on any atom is 0.249 e. The lowest BCUT2D eigenvalue weighted by Crippen LogP contribution is -2.59. The number of carbonyl (C=O) groups is 1. The molecule has 1 saturated carbocycles. The van der Waals surface area contributed by atoms with Crippen molar-refractivity contribution >= 4 is 21.6 Å². The van der Waals surface area contributed by atoms with Gasteiger partial charge in [0.1, 0.15) is 11.9 Å². The molecule has 2 aromatic carbocycles. The Hall–Kier alpha value is -3.45. The Balaban J connectivity index is 1.44. The zero-order valence-electron chi connectivity index (χ0n) is 21.6. The van der Waals surface area contributed by atoms with Crippen LogP contribution in [0.5, 0.6) is 0 Å². The van der Waals surface area contributed by atoms with Gasteiger partial charge in [-0.15, -0.1) is 0 Å². The number of nitrogens with zero attached hydrogens (tertiary/aromatic N) is 3. The van der Waals surface area contributed by atoms with E-state index in [1.165, 1.54) is 18.6 Å². The van der Waals surface area contributed by atoms with Crippen molar-refractivity contribution in [2.45, 2.75) is 61.9 Å². The van der Waals surface area contributed by atoms with Gasteiger partial charge in [0.15, 0.2) is 28.2 Å². The molecule has 5 rings (SSSR count). The van der Waals surface area contributed by atoms with Gasteiger partial charge < -0.3 is 4.90 Å². The van der Waals surface area contributed by atoms with Crippen LogP contribution in [0.15, 0.2) is 47.5 Å². The van der Waals surface area contributed by atoms with Crippen LogP contribution in [0, 0.1) is 34.9 Å². The summed E-state index contributed by atoms with van der Waals surface area (Å²) < 4.78 is 110. The van der Waals surface area contributed by atoms with Crippen molar-refractivity contribution in [3.8, 4) is 0 Å². The van der Waals surface area contributed by atoms with Gasteiger partial charge >= 0.3 is 0 Å². The second kappa shape index (κ2) is 11.4. The van der Waals surface area contributed by atoms with Gasteiger partial charge in [-0.05, 0) is 61.1 Å². The molecule has 1 aliphatic carbocycles. The SMILES string of the molecule is O=C([C@H]1CCN1S(=O)(=O)c1c(F)c(F)c(F)c(F)c1F)N(Cc1ccc(C2CCCCC2)cn1)c1ccc(F)cc1. The summed E-state index contributed by atoms with van der Waals surface area (Å²) in [6.07, 6.45) is 7.19. The van der Waals surface area contributed by atoms with Crippen LogP contribution in [0.3, 0.4) is 0 Å². The van der Waals surface area contributed by atoms with Crippen LogP contribution in [0.25, 0.3) is 0 Å². The Bertz CT molecular complexity index is 1530. The number of hydrogen-bond donors (Lipinski definition) is 0. The Labute approximate surface area is 232 Å². The molecule has 2 aliphatic rings. The molecule has 0 bridgehead atoms. The molecule has 2 heterocycles. The Morgan fingerprint density at radius 1 is 0.829 bits per heavy atom. The minimum Gasteiger partial charge on any atom is -0.305 e. The summed E-state index contributed by atoms with van der Waals surface area (Å²) in [7, 11) is -5.32. The highest BCUT2D eigenvalue weighted by atomic mass is 32.2. The number of pyridine rings is 1. The minimum atomic E-state index is -5.32. The highest BCUT2D eigenvalue weighted by molar-refractivity contribution is 7.89. The number of benzene rings is 2. The second-order valence-corrected chi connectivity index (χ2v) is 12.0. The predicted octanol–water partition coefficient (Wildman–Crippen LogP) is 5.96. The molecule has 1 atom stereocenters. The summed E-state index contributed by atoms with van der Waals surface area (Å²) >= 11 is 0. The summed E-state index contributed by atoms with van der Waals surface area (Å²) in [5.41, 5.74) is 1.69. The van der Waals surface area contributed by atoms with E-state index in [9.17, 15) is 39.6 Å². The molecule has 218 valence electrons. The van der Waals surface area contributed by atoms with Gasteiger partial charge in [0.2, 0.25) is 21.7 Å². The monoisotopic (exact) mass is 597 g/mol. The van der Waals surface area contributed by atoms with E-state index in [2.05, 4.69) is 4.98 Å². The van der Waals surface area contributed by atoms with Gasteiger partial charge in [0.05, 0.1) is 12.2 Å². The van der Waals surface area contributed by atoms with Crippen molar-refractivity contribution in [3.05, 3.63) is 88.8 Å². The zero-order valence-corrected chi connectivity index (χ0v) is 22.4. The lowest BCUT2D eigenvalue weighted by atomic mass is 9.85. The average molecular weight is 598 g/mol. The van der Waals surface area contributed by atoms with E-state index in [0.29, 0.717) is 15.9 Å². The molecular weight excluding hydrogens is 572 g/mol. The largest absolute Gasteiger partial charge is 0.305 e. The number of carbonyl (C=O) groups excluding carboxylic acids is 1. The van der Waals surface area contributed by atoms with Gasteiger partial charge in [-0.3, -0.25) is 9.78 Å². The number of sulfonamides is 1. The number of anilines is 1. The number of rotatable bonds is 7. The molecule has 41 heavy (non-hydrogen) atoms. The summed E-state index contributed by atoms with van der Waals surface area (Å²) in [5, 5.41) is 0. The van der Waals surface area contributed by atoms with Gasteiger partial charge in [-0.1, -0.05) is 25.3 Å². The van der Waals surface area contributed by atoms with Crippen molar-refractivity contribution < 1.29 is 39.6 Å². The van der Waals surface area contributed by atoms with Gasteiger partial charge in [0, 0.05) is 18.4 Å².